The molecule has 2 saturated heterocycles. The Morgan fingerprint density at radius 1 is 1.07 bits per heavy atom. The van der Waals surface area contributed by atoms with Crippen molar-refractivity contribution < 1.29 is 23.9 Å². The lowest BCUT2D eigenvalue weighted by atomic mass is 10.2. The van der Waals surface area contributed by atoms with Gasteiger partial charge >= 0.3 is 0 Å². The summed E-state index contributed by atoms with van der Waals surface area (Å²) >= 11 is 0. The van der Waals surface area contributed by atoms with Gasteiger partial charge in [0.05, 0.1) is 13.7 Å². The van der Waals surface area contributed by atoms with Gasteiger partial charge in [-0.05, 0) is 12.1 Å². The van der Waals surface area contributed by atoms with Gasteiger partial charge in [-0.3, -0.25) is 19.3 Å². The molecule has 1 unspecified atom stereocenters. The molecule has 0 spiro atoms. The van der Waals surface area contributed by atoms with Gasteiger partial charge in [-0.25, -0.2) is 0 Å². The molecule has 0 radical (unpaired) electrons. The van der Waals surface area contributed by atoms with Gasteiger partial charge in [0.1, 0.15) is 11.8 Å². The van der Waals surface area contributed by atoms with Crippen molar-refractivity contribution in [3.63, 3.8) is 0 Å². The van der Waals surface area contributed by atoms with E-state index >= 15 is 0 Å². The van der Waals surface area contributed by atoms with Gasteiger partial charge in [0.2, 0.25) is 17.7 Å². The van der Waals surface area contributed by atoms with Crippen LogP contribution in [0.4, 0.5) is 5.69 Å². The Hall–Kier alpha value is -2.61. The van der Waals surface area contributed by atoms with Crippen LogP contribution in [0.5, 0.6) is 5.75 Å². The zero-order chi connectivity index (χ0) is 19.4. The molecule has 3 rings (SSSR count). The molecule has 0 aromatic heterocycles. The van der Waals surface area contributed by atoms with Crippen LogP contribution in [0.3, 0.4) is 0 Å². The second-order valence-corrected chi connectivity index (χ2v) is 6.64. The summed E-state index contributed by atoms with van der Waals surface area (Å²) in [6.07, 6.45) is 0.325. The number of carbonyl (C=O) groups is 3. The molecule has 1 aromatic rings. The molecular weight excluding hydrogens is 350 g/mol. The zero-order valence-corrected chi connectivity index (χ0v) is 15.7. The van der Waals surface area contributed by atoms with Crippen LogP contribution >= 0.6 is 0 Å². The molecule has 0 bridgehead atoms. The summed E-state index contributed by atoms with van der Waals surface area (Å²) in [7, 11) is 3.10. The molecule has 2 aliphatic heterocycles. The summed E-state index contributed by atoms with van der Waals surface area (Å²) in [5, 5.41) is 0. The number of amides is 3. The Labute approximate surface area is 158 Å². The highest BCUT2D eigenvalue weighted by molar-refractivity contribution is 6.05. The second-order valence-electron chi connectivity index (χ2n) is 6.64. The van der Waals surface area contributed by atoms with Crippen molar-refractivity contribution in [3.8, 4) is 5.75 Å². The molecule has 8 heteroatoms. The van der Waals surface area contributed by atoms with Crippen LogP contribution in [0.2, 0.25) is 0 Å². The fourth-order valence-corrected chi connectivity index (χ4v) is 3.56. The minimum absolute atomic E-state index is 0.0202. The predicted molar refractivity (Wildman–Crippen MR) is 98.5 cm³/mol. The maximum Gasteiger partial charge on any atom is 0.248 e. The number of rotatable bonds is 6. The van der Waals surface area contributed by atoms with E-state index in [1.165, 1.54) is 7.11 Å². The first-order valence-electron chi connectivity index (χ1n) is 9.06. The first-order chi connectivity index (χ1) is 13.0. The van der Waals surface area contributed by atoms with Crippen molar-refractivity contribution in [2.75, 3.05) is 51.9 Å². The van der Waals surface area contributed by atoms with Crippen LogP contribution in [-0.4, -0.2) is 80.6 Å². The number of hydrogen-bond acceptors (Lipinski definition) is 6. The minimum Gasteiger partial charge on any atom is -0.497 e. The van der Waals surface area contributed by atoms with E-state index in [1.54, 1.807) is 12.0 Å². The Bertz CT molecular complexity index is 699. The summed E-state index contributed by atoms with van der Waals surface area (Å²) in [6, 6.07) is 6.93. The summed E-state index contributed by atoms with van der Waals surface area (Å²) in [4.78, 5) is 42.0. The second kappa shape index (κ2) is 8.39. The highest BCUT2D eigenvalue weighted by Crippen LogP contribution is 2.23. The van der Waals surface area contributed by atoms with Gasteiger partial charge in [-0.15, -0.1) is 0 Å². The smallest absolute Gasteiger partial charge is 0.248 e. The first-order valence-corrected chi connectivity index (χ1v) is 9.06. The first kappa shape index (κ1) is 19.2. The predicted octanol–water partition coefficient (Wildman–Crippen LogP) is 0.508. The van der Waals surface area contributed by atoms with E-state index in [0.29, 0.717) is 26.2 Å². The number of benzene rings is 1. The lowest BCUT2D eigenvalue weighted by molar-refractivity contribution is -0.152. The Morgan fingerprint density at radius 3 is 2.33 bits per heavy atom. The van der Waals surface area contributed by atoms with Gasteiger partial charge in [0.15, 0.2) is 0 Å². The van der Waals surface area contributed by atoms with Gasteiger partial charge in [0.25, 0.3) is 0 Å². The minimum atomic E-state index is -0.874. The molecule has 1 aromatic carbocycles. The molecular formula is C19H25N3O5. The number of methoxy groups -OCH3 is 2. The van der Waals surface area contributed by atoms with E-state index in [4.69, 9.17) is 9.47 Å². The van der Waals surface area contributed by atoms with Crippen LogP contribution in [0.25, 0.3) is 0 Å². The van der Waals surface area contributed by atoms with Gasteiger partial charge in [-0.2, -0.15) is 0 Å². The standard InChI is InChI=1S/C19H25N3O5/c1-26-13-16(22-17(23)6-7-18(22)24)19(25)21-10-8-20(9-11-21)14-4-3-5-15(12-14)27-2/h3-5,12,16H,6-11,13H2,1-2H3. The fraction of sp³-hybridized carbons (Fsp3) is 0.526. The van der Waals surface area contributed by atoms with Crippen LogP contribution < -0.4 is 9.64 Å². The van der Waals surface area contributed by atoms with E-state index in [9.17, 15) is 14.4 Å². The highest BCUT2D eigenvalue weighted by atomic mass is 16.5. The average Bonchev–Trinajstić information content (AvgIpc) is 3.04. The largest absolute Gasteiger partial charge is 0.497 e. The number of likely N-dealkylation sites (tertiary alicyclic amines) is 1. The molecule has 3 amide bonds. The number of carbonyl (C=O) groups excluding carboxylic acids is 3. The van der Waals surface area contributed by atoms with Crippen LogP contribution in [0.1, 0.15) is 12.8 Å². The fourth-order valence-electron chi connectivity index (χ4n) is 3.56. The molecule has 27 heavy (non-hydrogen) atoms. The Balaban J connectivity index is 1.65. The number of ether oxygens (including phenoxy) is 2. The molecule has 8 nitrogen and oxygen atoms in total. The lowest BCUT2D eigenvalue weighted by Crippen LogP contribution is -2.57. The third kappa shape index (κ3) is 4.05. The topological polar surface area (TPSA) is 79.4 Å². The normalized spacial score (nSPS) is 18.8. The van der Waals surface area contributed by atoms with E-state index in [0.717, 1.165) is 16.3 Å². The lowest BCUT2D eigenvalue weighted by Gasteiger charge is -2.38. The number of hydrogen-bond donors (Lipinski definition) is 0. The Kier molecular flexibility index (Phi) is 5.95. The molecule has 0 aliphatic carbocycles. The Morgan fingerprint density at radius 2 is 1.74 bits per heavy atom. The number of imide groups is 1. The molecule has 2 fully saturated rings. The molecule has 2 aliphatic rings. The van der Waals surface area contributed by atoms with E-state index in [1.807, 2.05) is 24.3 Å². The van der Waals surface area contributed by atoms with Crippen LogP contribution in [0.15, 0.2) is 24.3 Å². The summed E-state index contributed by atoms with van der Waals surface area (Å²) < 4.78 is 10.4. The third-order valence-electron chi connectivity index (χ3n) is 5.02. The van der Waals surface area contributed by atoms with E-state index < -0.39 is 6.04 Å². The zero-order valence-electron chi connectivity index (χ0n) is 15.7. The van der Waals surface area contributed by atoms with Gasteiger partial charge in [-0.1, -0.05) is 6.07 Å². The van der Waals surface area contributed by atoms with Crippen LogP contribution in [-0.2, 0) is 19.1 Å². The number of piperazine rings is 1. The number of nitrogens with zero attached hydrogens (tertiary/aromatic N) is 3. The molecule has 1 atom stereocenters. The summed E-state index contributed by atoms with van der Waals surface area (Å²) in [6.45, 7) is 2.40. The quantitative estimate of drug-likeness (QED) is 0.674. The molecule has 146 valence electrons. The summed E-state index contributed by atoms with van der Waals surface area (Å²) in [5.41, 5.74) is 1.04. The van der Waals surface area contributed by atoms with Gasteiger partial charge < -0.3 is 19.3 Å². The monoisotopic (exact) mass is 375 g/mol. The molecule has 0 N–H and O–H groups in total. The van der Waals surface area contributed by atoms with Crippen molar-refractivity contribution in [2.24, 2.45) is 0 Å². The van der Waals surface area contributed by atoms with Crippen molar-refractivity contribution in [2.45, 2.75) is 18.9 Å². The van der Waals surface area contributed by atoms with Crippen molar-refractivity contribution >= 4 is 23.4 Å². The SMILES string of the molecule is COCC(C(=O)N1CCN(c2cccc(OC)c2)CC1)N1C(=O)CCC1=O. The van der Waals surface area contributed by atoms with Crippen molar-refractivity contribution in [3.05, 3.63) is 24.3 Å². The molecule has 0 saturated carbocycles. The number of anilines is 1. The van der Waals surface area contributed by atoms with E-state index in [2.05, 4.69) is 4.90 Å². The third-order valence-corrected chi connectivity index (χ3v) is 5.02. The maximum absolute atomic E-state index is 13.0. The van der Waals surface area contributed by atoms with E-state index in [-0.39, 0.29) is 37.2 Å². The summed E-state index contributed by atoms with van der Waals surface area (Å²) in [5.74, 6) is -0.0428. The molecule has 2 heterocycles. The van der Waals surface area contributed by atoms with Gasteiger partial charge in [0, 0.05) is 57.9 Å². The maximum atomic E-state index is 13.0. The average molecular weight is 375 g/mol. The highest BCUT2D eigenvalue weighted by Gasteiger charge is 2.40. The van der Waals surface area contributed by atoms with Crippen molar-refractivity contribution in [1.29, 1.82) is 0 Å². The van der Waals surface area contributed by atoms with Crippen molar-refractivity contribution in [1.82, 2.24) is 9.80 Å². The van der Waals surface area contributed by atoms with Crippen LogP contribution in [0, 0.1) is 0 Å².